The second kappa shape index (κ2) is 6.16. The van der Waals surface area contributed by atoms with Crippen LogP contribution in [0.25, 0.3) is 11.4 Å². The third-order valence-electron chi connectivity index (χ3n) is 4.75. The maximum Gasteiger partial charge on any atom is 0.261 e. The minimum absolute atomic E-state index is 0.101. The van der Waals surface area contributed by atoms with Crippen LogP contribution in [0, 0.1) is 0 Å². The molecule has 1 aliphatic carbocycles. The lowest BCUT2D eigenvalue weighted by Crippen LogP contribution is -2.13. The molecule has 1 amide bonds. The van der Waals surface area contributed by atoms with Gasteiger partial charge in [-0.2, -0.15) is 4.98 Å². The second-order valence-electron chi connectivity index (χ2n) is 6.96. The van der Waals surface area contributed by atoms with E-state index in [0.29, 0.717) is 40.1 Å². The third kappa shape index (κ3) is 3.13. The summed E-state index contributed by atoms with van der Waals surface area (Å²) in [6.07, 6.45) is 2.29. The van der Waals surface area contributed by atoms with Crippen molar-refractivity contribution < 1.29 is 17.7 Å². The molecule has 2 heterocycles. The molecule has 9 heteroatoms. The Morgan fingerprint density at radius 1 is 1.14 bits per heavy atom. The Bertz CT molecular complexity index is 1200. The highest BCUT2D eigenvalue weighted by Crippen LogP contribution is 2.39. The molecule has 0 bridgehead atoms. The van der Waals surface area contributed by atoms with Gasteiger partial charge in [-0.15, -0.1) is 0 Å². The van der Waals surface area contributed by atoms with Crippen molar-refractivity contribution in [2.75, 3.05) is 10.0 Å². The number of sulfonamides is 1. The van der Waals surface area contributed by atoms with E-state index in [9.17, 15) is 13.2 Å². The van der Waals surface area contributed by atoms with Crippen LogP contribution in [0.2, 0.25) is 0 Å². The highest BCUT2D eigenvalue weighted by Gasteiger charge is 2.30. The number of fused-ring (bicyclic) bond motifs is 1. The molecule has 1 aliphatic heterocycles. The molecule has 8 nitrogen and oxygen atoms in total. The highest BCUT2D eigenvalue weighted by molar-refractivity contribution is 7.92. The van der Waals surface area contributed by atoms with Crippen LogP contribution in [0.15, 0.2) is 51.9 Å². The van der Waals surface area contributed by atoms with Crippen molar-refractivity contribution >= 4 is 27.3 Å². The van der Waals surface area contributed by atoms with E-state index in [-0.39, 0.29) is 17.2 Å². The van der Waals surface area contributed by atoms with Gasteiger partial charge in [-0.05, 0) is 48.7 Å². The van der Waals surface area contributed by atoms with Gasteiger partial charge in [-0.1, -0.05) is 17.3 Å². The van der Waals surface area contributed by atoms with Crippen molar-refractivity contribution in [3.8, 4) is 11.4 Å². The van der Waals surface area contributed by atoms with Gasteiger partial charge in [-0.25, -0.2) is 8.42 Å². The minimum atomic E-state index is -3.80. The standard InChI is InChI=1S/C19H16N4O4S/c24-17-10-13-9-15(6-7-16(13)20-17)28(25,26)23-14-3-1-2-12(8-14)18-21-19(27-22-18)11-4-5-11/h1-3,6-9,11,23H,4-5,10H2,(H,20,24). The maximum absolute atomic E-state index is 12.8. The lowest BCUT2D eigenvalue weighted by atomic mass is 10.2. The van der Waals surface area contributed by atoms with Crippen LogP contribution < -0.4 is 10.0 Å². The van der Waals surface area contributed by atoms with E-state index in [2.05, 4.69) is 20.2 Å². The number of nitrogens with zero attached hydrogens (tertiary/aromatic N) is 2. The zero-order chi connectivity index (χ0) is 19.3. The topological polar surface area (TPSA) is 114 Å². The first kappa shape index (κ1) is 16.9. The Balaban J connectivity index is 1.41. The number of nitrogens with one attached hydrogen (secondary N) is 2. The van der Waals surface area contributed by atoms with E-state index >= 15 is 0 Å². The summed E-state index contributed by atoms with van der Waals surface area (Å²) in [4.78, 5) is 16.0. The van der Waals surface area contributed by atoms with Gasteiger partial charge in [-0.3, -0.25) is 9.52 Å². The molecule has 142 valence electrons. The van der Waals surface area contributed by atoms with E-state index in [1.54, 1.807) is 30.3 Å². The Morgan fingerprint density at radius 3 is 2.82 bits per heavy atom. The van der Waals surface area contributed by atoms with Crippen LogP contribution in [0.4, 0.5) is 11.4 Å². The number of amides is 1. The lowest BCUT2D eigenvalue weighted by molar-refractivity contribution is -0.115. The zero-order valence-corrected chi connectivity index (χ0v) is 15.5. The van der Waals surface area contributed by atoms with Gasteiger partial charge in [0.15, 0.2) is 0 Å². The molecule has 0 unspecified atom stereocenters. The van der Waals surface area contributed by atoms with Gasteiger partial charge in [0.25, 0.3) is 10.0 Å². The van der Waals surface area contributed by atoms with E-state index < -0.39 is 10.0 Å². The van der Waals surface area contributed by atoms with Gasteiger partial charge in [0.05, 0.1) is 11.3 Å². The molecule has 1 saturated carbocycles. The Kier molecular flexibility index (Phi) is 3.73. The summed E-state index contributed by atoms with van der Waals surface area (Å²) in [6, 6.07) is 11.4. The van der Waals surface area contributed by atoms with E-state index in [4.69, 9.17) is 4.52 Å². The third-order valence-corrected chi connectivity index (χ3v) is 6.13. The Labute approximate surface area is 161 Å². The molecule has 0 radical (unpaired) electrons. The van der Waals surface area contributed by atoms with E-state index in [1.165, 1.54) is 12.1 Å². The van der Waals surface area contributed by atoms with Crippen LogP contribution in [-0.4, -0.2) is 24.5 Å². The molecule has 1 aromatic heterocycles. The van der Waals surface area contributed by atoms with Crippen molar-refractivity contribution in [1.82, 2.24) is 10.1 Å². The molecular weight excluding hydrogens is 380 g/mol. The van der Waals surface area contributed by atoms with E-state index in [1.807, 2.05) is 0 Å². The second-order valence-corrected chi connectivity index (χ2v) is 8.64. The number of hydrogen-bond acceptors (Lipinski definition) is 6. The van der Waals surface area contributed by atoms with Gasteiger partial charge in [0, 0.05) is 22.9 Å². The average molecular weight is 396 g/mol. The van der Waals surface area contributed by atoms with Crippen LogP contribution >= 0.6 is 0 Å². The van der Waals surface area contributed by atoms with Crippen LogP contribution in [-0.2, 0) is 21.2 Å². The minimum Gasteiger partial charge on any atom is -0.339 e. The summed E-state index contributed by atoms with van der Waals surface area (Å²) in [5.74, 6) is 1.27. The number of hydrogen-bond donors (Lipinski definition) is 2. The van der Waals surface area contributed by atoms with Crippen molar-refractivity contribution in [3.63, 3.8) is 0 Å². The molecular formula is C19H16N4O4S. The molecule has 0 atom stereocenters. The fraction of sp³-hybridized carbons (Fsp3) is 0.211. The fourth-order valence-corrected chi connectivity index (χ4v) is 4.26. The number of aromatic nitrogens is 2. The van der Waals surface area contributed by atoms with Gasteiger partial charge in [0.1, 0.15) is 0 Å². The monoisotopic (exact) mass is 396 g/mol. The van der Waals surface area contributed by atoms with Crippen molar-refractivity contribution in [2.45, 2.75) is 30.1 Å². The summed E-state index contributed by atoms with van der Waals surface area (Å²) >= 11 is 0. The summed E-state index contributed by atoms with van der Waals surface area (Å²) in [7, 11) is -3.80. The number of rotatable bonds is 5. The average Bonchev–Trinajstić information content (AvgIpc) is 3.26. The van der Waals surface area contributed by atoms with Crippen LogP contribution in [0.3, 0.4) is 0 Å². The summed E-state index contributed by atoms with van der Waals surface area (Å²) in [5.41, 5.74) is 2.38. The molecule has 2 N–H and O–H groups in total. The quantitative estimate of drug-likeness (QED) is 0.685. The van der Waals surface area contributed by atoms with Crippen molar-refractivity contribution in [3.05, 3.63) is 53.9 Å². The Hall–Kier alpha value is -3.20. The number of anilines is 2. The SMILES string of the molecule is O=C1Cc2cc(S(=O)(=O)Nc3cccc(-c4noc(C5CC5)n4)c3)ccc2N1. The fourth-order valence-electron chi connectivity index (χ4n) is 3.16. The molecule has 28 heavy (non-hydrogen) atoms. The summed E-state index contributed by atoms with van der Waals surface area (Å²) < 4.78 is 33.4. The largest absolute Gasteiger partial charge is 0.339 e. The van der Waals surface area contributed by atoms with Crippen LogP contribution in [0.1, 0.15) is 30.2 Å². The van der Waals surface area contributed by atoms with E-state index in [0.717, 1.165) is 12.8 Å². The first-order chi connectivity index (χ1) is 13.5. The van der Waals surface area contributed by atoms with Gasteiger partial charge >= 0.3 is 0 Å². The predicted molar refractivity (Wildman–Crippen MR) is 101 cm³/mol. The zero-order valence-electron chi connectivity index (χ0n) is 14.7. The molecule has 2 aliphatic rings. The first-order valence-corrected chi connectivity index (χ1v) is 10.4. The molecule has 3 aromatic rings. The van der Waals surface area contributed by atoms with Crippen molar-refractivity contribution in [1.29, 1.82) is 0 Å². The van der Waals surface area contributed by atoms with Crippen molar-refractivity contribution in [2.24, 2.45) is 0 Å². The van der Waals surface area contributed by atoms with Gasteiger partial charge in [0.2, 0.25) is 17.6 Å². The number of carbonyl (C=O) groups excluding carboxylic acids is 1. The number of benzene rings is 2. The molecule has 0 saturated heterocycles. The highest BCUT2D eigenvalue weighted by atomic mass is 32.2. The first-order valence-electron chi connectivity index (χ1n) is 8.87. The predicted octanol–water partition coefficient (Wildman–Crippen LogP) is 2.91. The summed E-state index contributed by atoms with van der Waals surface area (Å²) in [6.45, 7) is 0. The molecule has 1 fully saturated rings. The normalized spacial score (nSPS) is 15.9. The Morgan fingerprint density at radius 2 is 2.00 bits per heavy atom. The molecule has 2 aromatic carbocycles. The smallest absolute Gasteiger partial charge is 0.261 e. The number of carbonyl (C=O) groups is 1. The van der Waals surface area contributed by atoms with Gasteiger partial charge < -0.3 is 9.84 Å². The molecule has 0 spiro atoms. The lowest BCUT2D eigenvalue weighted by Gasteiger charge is -2.10. The molecule has 5 rings (SSSR count). The maximum atomic E-state index is 12.8. The van der Waals surface area contributed by atoms with Crippen LogP contribution in [0.5, 0.6) is 0 Å². The summed E-state index contributed by atoms with van der Waals surface area (Å²) in [5, 5.41) is 6.68.